The molecule has 0 aliphatic rings. The Morgan fingerprint density at radius 3 is 3.07 bits per heavy atom. The van der Waals surface area contributed by atoms with Crippen LogP contribution in [0.2, 0.25) is 0 Å². The van der Waals surface area contributed by atoms with Crippen molar-refractivity contribution in [3.63, 3.8) is 0 Å². The number of nitrogens with zero attached hydrogens (tertiary/aromatic N) is 4. The molecule has 0 radical (unpaired) electrons. The SMILES string of the molecule is O=Cc1cncn1CCCn1cccn1. The van der Waals surface area contributed by atoms with E-state index in [2.05, 4.69) is 10.1 Å². The Bertz CT molecular complexity index is 418. The number of aromatic nitrogens is 4. The van der Waals surface area contributed by atoms with Gasteiger partial charge in [0.2, 0.25) is 0 Å². The minimum Gasteiger partial charge on any atom is -0.328 e. The van der Waals surface area contributed by atoms with Crippen LogP contribution in [0.4, 0.5) is 0 Å². The molecule has 78 valence electrons. The van der Waals surface area contributed by atoms with Crippen LogP contribution in [0.5, 0.6) is 0 Å². The first kappa shape index (κ1) is 9.64. The molecule has 0 spiro atoms. The fourth-order valence-corrected chi connectivity index (χ4v) is 1.45. The van der Waals surface area contributed by atoms with Crippen LogP contribution < -0.4 is 0 Å². The van der Waals surface area contributed by atoms with Crippen LogP contribution >= 0.6 is 0 Å². The summed E-state index contributed by atoms with van der Waals surface area (Å²) in [5, 5.41) is 4.10. The van der Waals surface area contributed by atoms with Crippen molar-refractivity contribution in [2.75, 3.05) is 0 Å². The normalized spacial score (nSPS) is 10.4. The highest BCUT2D eigenvalue weighted by atomic mass is 16.1. The Balaban J connectivity index is 1.86. The van der Waals surface area contributed by atoms with Crippen LogP contribution in [0.1, 0.15) is 16.9 Å². The Hall–Kier alpha value is -1.91. The highest BCUT2D eigenvalue weighted by Gasteiger charge is 1.99. The Labute approximate surface area is 87.4 Å². The molecule has 0 unspecified atom stereocenters. The monoisotopic (exact) mass is 204 g/mol. The maximum atomic E-state index is 10.6. The van der Waals surface area contributed by atoms with Gasteiger partial charge >= 0.3 is 0 Å². The first-order chi connectivity index (χ1) is 7.40. The topological polar surface area (TPSA) is 52.7 Å². The quantitative estimate of drug-likeness (QED) is 0.682. The predicted molar refractivity (Wildman–Crippen MR) is 54.5 cm³/mol. The lowest BCUT2D eigenvalue weighted by molar-refractivity contribution is 0.111. The lowest BCUT2D eigenvalue weighted by atomic mass is 10.4. The molecule has 2 rings (SSSR count). The van der Waals surface area contributed by atoms with Crippen LogP contribution in [0, 0.1) is 0 Å². The van der Waals surface area contributed by atoms with Gasteiger partial charge in [0.25, 0.3) is 0 Å². The van der Waals surface area contributed by atoms with E-state index in [-0.39, 0.29) is 0 Å². The maximum Gasteiger partial charge on any atom is 0.168 e. The lowest BCUT2D eigenvalue weighted by Gasteiger charge is -2.04. The van der Waals surface area contributed by atoms with Crippen molar-refractivity contribution in [1.29, 1.82) is 0 Å². The molecule has 0 aromatic carbocycles. The number of hydrogen-bond donors (Lipinski definition) is 0. The lowest BCUT2D eigenvalue weighted by Crippen LogP contribution is -2.05. The van der Waals surface area contributed by atoms with Gasteiger partial charge in [0, 0.05) is 25.5 Å². The zero-order valence-corrected chi connectivity index (χ0v) is 8.28. The molecule has 2 aromatic rings. The highest BCUT2D eigenvalue weighted by molar-refractivity contribution is 5.71. The molecule has 0 atom stereocenters. The third-order valence-corrected chi connectivity index (χ3v) is 2.21. The molecule has 0 N–H and O–H groups in total. The van der Waals surface area contributed by atoms with Crippen LogP contribution in [0.3, 0.4) is 0 Å². The minimum absolute atomic E-state index is 0.621. The summed E-state index contributed by atoms with van der Waals surface area (Å²) in [5.74, 6) is 0. The molecule has 15 heavy (non-hydrogen) atoms. The van der Waals surface area contributed by atoms with Crippen molar-refractivity contribution < 1.29 is 4.79 Å². The summed E-state index contributed by atoms with van der Waals surface area (Å²) in [6.07, 6.45) is 8.68. The average Bonchev–Trinajstić information content (AvgIpc) is 2.88. The number of aldehydes is 1. The molecule has 0 saturated heterocycles. The second-order valence-electron chi connectivity index (χ2n) is 3.25. The third kappa shape index (κ3) is 2.31. The zero-order chi connectivity index (χ0) is 10.5. The smallest absolute Gasteiger partial charge is 0.168 e. The van der Waals surface area contributed by atoms with Gasteiger partial charge in [-0.3, -0.25) is 9.48 Å². The summed E-state index contributed by atoms with van der Waals surface area (Å²) < 4.78 is 3.72. The first-order valence-electron chi connectivity index (χ1n) is 4.83. The predicted octanol–water partition coefficient (Wildman–Crippen LogP) is 0.982. The number of hydrogen-bond acceptors (Lipinski definition) is 3. The van der Waals surface area contributed by atoms with Gasteiger partial charge in [-0.25, -0.2) is 4.98 Å². The van der Waals surface area contributed by atoms with Crippen molar-refractivity contribution in [3.05, 3.63) is 36.7 Å². The van der Waals surface area contributed by atoms with Crippen molar-refractivity contribution in [2.24, 2.45) is 0 Å². The van der Waals surface area contributed by atoms with E-state index >= 15 is 0 Å². The number of carbonyl (C=O) groups is 1. The molecule has 0 aliphatic heterocycles. The van der Waals surface area contributed by atoms with Crippen LogP contribution in [0.15, 0.2) is 31.0 Å². The van der Waals surface area contributed by atoms with Crippen LogP contribution in [-0.4, -0.2) is 25.6 Å². The van der Waals surface area contributed by atoms with Crippen molar-refractivity contribution in [3.8, 4) is 0 Å². The van der Waals surface area contributed by atoms with E-state index in [1.165, 1.54) is 0 Å². The Morgan fingerprint density at radius 1 is 1.40 bits per heavy atom. The maximum absolute atomic E-state index is 10.6. The second-order valence-corrected chi connectivity index (χ2v) is 3.25. The van der Waals surface area contributed by atoms with Crippen LogP contribution in [0.25, 0.3) is 0 Å². The summed E-state index contributed by atoms with van der Waals surface area (Å²) in [6.45, 7) is 1.64. The minimum atomic E-state index is 0.621. The number of imidazole rings is 1. The van der Waals surface area contributed by atoms with Gasteiger partial charge in [-0.2, -0.15) is 5.10 Å². The van der Waals surface area contributed by atoms with Gasteiger partial charge in [0.05, 0.1) is 12.5 Å². The van der Waals surface area contributed by atoms with E-state index in [4.69, 9.17) is 0 Å². The van der Waals surface area contributed by atoms with Gasteiger partial charge in [0.15, 0.2) is 6.29 Å². The summed E-state index contributed by atoms with van der Waals surface area (Å²) in [5.41, 5.74) is 0.621. The van der Waals surface area contributed by atoms with Crippen molar-refractivity contribution in [1.82, 2.24) is 19.3 Å². The largest absolute Gasteiger partial charge is 0.328 e. The summed E-state index contributed by atoms with van der Waals surface area (Å²) in [7, 11) is 0. The van der Waals surface area contributed by atoms with Crippen molar-refractivity contribution in [2.45, 2.75) is 19.5 Å². The standard InChI is InChI=1S/C10H12N4O/c15-8-10-7-11-9-13(10)4-2-6-14-5-1-3-12-14/h1,3,5,7-9H,2,4,6H2. The number of aryl methyl sites for hydroxylation is 2. The van der Waals surface area contributed by atoms with Gasteiger partial charge in [-0.15, -0.1) is 0 Å². The molecular weight excluding hydrogens is 192 g/mol. The molecule has 2 heterocycles. The van der Waals surface area contributed by atoms with Crippen LogP contribution in [-0.2, 0) is 13.1 Å². The summed E-state index contributed by atoms with van der Waals surface area (Å²) >= 11 is 0. The second kappa shape index (κ2) is 4.54. The van der Waals surface area contributed by atoms with Gasteiger partial charge in [-0.1, -0.05) is 0 Å². The third-order valence-electron chi connectivity index (χ3n) is 2.21. The van der Waals surface area contributed by atoms with E-state index in [0.717, 1.165) is 25.8 Å². The zero-order valence-electron chi connectivity index (χ0n) is 8.28. The van der Waals surface area contributed by atoms with E-state index in [1.807, 2.05) is 21.5 Å². The summed E-state index contributed by atoms with van der Waals surface area (Å²) in [4.78, 5) is 14.5. The highest BCUT2D eigenvalue weighted by Crippen LogP contribution is 1.99. The van der Waals surface area contributed by atoms with Crippen molar-refractivity contribution >= 4 is 6.29 Å². The molecule has 5 heteroatoms. The van der Waals surface area contributed by atoms with E-state index in [0.29, 0.717) is 5.69 Å². The average molecular weight is 204 g/mol. The molecule has 0 amide bonds. The fraction of sp³-hybridized carbons (Fsp3) is 0.300. The molecule has 0 fully saturated rings. The van der Waals surface area contributed by atoms with E-state index in [9.17, 15) is 4.79 Å². The molecule has 0 bridgehead atoms. The van der Waals surface area contributed by atoms with Gasteiger partial charge in [-0.05, 0) is 12.5 Å². The van der Waals surface area contributed by atoms with E-state index < -0.39 is 0 Å². The number of rotatable bonds is 5. The Morgan fingerprint density at radius 2 is 2.33 bits per heavy atom. The number of carbonyl (C=O) groups excluding carboxylic acids is 1. The van der Waals surface area contributed by atoms with E-state index in [1.54, 1.807) is 18.7 Å². The Kier molecular flexibility index (Phi) is 2.92. The molecule has 0 aliphatic carbocycles. The molecular formula is C10H12N4O. The first-order valence-corrected chi connectivity index (χ1v) is 4.83. The summed E-state index contributed by atoms with van der Waals surface area (Å²) in [6, 6.07) is 1.90. The fourth-order valence-electron chi connectivity index (χ4n) is 1.45. The molecule has 2 aromatic heterocycles. The molecule has 5 nitrogen and oxygen atoms in total. The molecule has 0 saturated carbocycles. The van der Waals surface area contributed by atoms with Gasteiger partial charge in [0.1, 0.15) is 5.69 Å². The van der Waals surface area contributed by atoms with Gasteiger partial charge < -0.3 is 4.57 Å².